The molecular formula is C25H32ClN5O4. The fraction of sp³-hybridized carbons (Fsp3) is 0.480. The van der Waals surface area contributed by atoms with Gasteiger partial charge in [0, 0.05) is 18.0 Å². The van der Waals surface area contributed by atoms with E-state index in [1.54, 1.807) is 0 Å². The van der Waals surface area contributed by atoms with Gasteiger partial charge >= 0.3 is 5.97 Å². The summed E-state index contributed by atoms with van der Waals surface area (Å²) in [4.78, 5) is 33.0. The Morgan fingerprint density at radius 2 is 1.77 bits per heavy atom. The van der Waals surface area contributed by atoms with Crippen molar-refractivity contribution in [2.75, 3.05) is 13.2 Å². The molecule has 35 heavy (non-hydrogen) atoms. The third-order valence-electron chi connectivity index (χ3n) is 6.43. The van der Waals surface area contributed by atoms with Crippen molar-refractivity contribution in [3.63, 3.8) is 0 Å². The van der Waals surface area contributed by atoms with E-state index < -0.39 is 0 Å². The molecule has 4 rings (SSSR count). The van der Waals surface area contributed by atoms with Gasteiger partial charge in [0.2, 0.25) is 5.91 Å². The zero-order chi connectivity index (χ0) is 23.9. The van der Waals surface area contributed by atoms with Crippen molar-refractivity contribution in [1.82, 2.24) is 15.3 Å². The molecule has 2 heterocycles. The Bertz CT molecular complexity index is 1010. The molecule has 1 aromatic heterocycles. The molecule has 4 N–H and O–H groups in total. The number of esters is 1. The van der Waals surface area contributed by atoms with Gasteiger partial charge in [-0.25, -0.2) is 9.97 Å². The second-order valence-electron chi connectivity index (χ2n) is 9.07. The van der Waals surface area contributed by atoms with Crippen molar-refractivity contribution in [2.24, 2.45) is 17.6 Å². The van der Waals surface area contributed by atoms with E-state index in [-0.39, 0.29) is 48.5 Å². The molecule has 0 bridgehead atoms. The Morgan fingerprint density at radius 3 is 2.43 bits per heavy atom. The third-order valence-corrected chi connectivity index (χ3v) is 6.43. The normalized spacial score (nSPS) is 19.9. The number of benzene rings is 1. The van der Waals surface area contributed by atoms with Gasteiger partial charge in [0.05, 0.1) is 30.6 Å². The summed E-state index contributed by atoms with van der Waals surface area (Å²) >= 11 is 0. The van der Waals surface area contributed by atoms with Crippen LogP contribution in [0.4, 0.5) is 0 Å². The number of nitrogens with one attached hydrogen (secondary N) is 2. The van der Waals surface area contributed by atoms with Gasteiger partial charge in [0.15, 0.2) is 5.82 Å². The molecule has 1 saturated heterocycles. The monoisotopic (exact) mass is 501 g/mol. The largest absolute Gasteiger partial charge is 0.491 e. The predicted octanol–water partition coefficient (Wildman–Crippen LogP) is 3.25. The number of nitrogens with zero attached hydrogens (tertiary/aromatic N) is 2. The van der Waals surface area contributed by atoms with Crippen molar-refractivity contribution in [1.29, 1.82) is 5.41 Å². The highest BCUT2D eigenvalue weighted by Crippen LogP contribution is 2.25. The van der Waals surface area contributed by atoms with Crippen molar-refractivity contribution in [3.05, 3.63) is 42.2 Å². The summed E-state index contributed by atoms with van der Waals surface area (Å²) in [6.07, 6.45) is 9.62. The first kappa shape index (κ1) is 26.4. The first-order valence-electron chi connectivity index (χ1n) is 11.8. The fourth-order valence-corrected chi connectivity index (χ4v) is 4.45. The van der Waals surface area contributed by atoms with E-state index in [1.807, 2.05) is 24.3 Å². The number of carbonyl (C=O) groups excluding carboxylic acids is 2. The lowest BCUT2D eigenvalue weighted by molar-refractivity contribution is -0.147. The van der Waals surface area contributed by atoms with Gasteiger partial charge in [-0.3, -0.25) is 15.0 Å². The van der Waals surface area contributed by atoms with Crippen molar-refractivity contribution >= 4 is 30.1 Å². The highest BCUT2D eigenvalue weighted by Gasteiger charge is 2.34. The molecular weight excluding hydrogens is 470 g/mol. The number of nitrogens with two attached hydrogens (primary N) is 1. The number of aromatic nitrogens is 2. The van der Waals surface area contributed by atoms with E-state index in [1.165, 1.54) is 31.7 Å². The summed E-state index contributed by atoms with van der Waals surface area (Å²) in [5, 5.41) is 10.3. The number of rotatable bonds is 9. The van der Waals surface area contributed by atoms with Crippen LogP contribution in [0.15, 0.2) is 36.7 Å². The maximum absolute atomic E-state index is 12.3. The highest BCUT2D eigenvalue weighted by atomic mass is 35.5. The SMILES string of the molecule is Cl.N=C(N)c1cnc(-c2ccc(OC[C@@H]3C[C@@H](CC(=O)OCC4CCCCC4)C(=O)N3)cc2)nc1. The number of amides is 1. The van der Waals surface area contributed by atoms with Gasteiger partial charge in [0.25, 0.3) is 0 Å². The van der Waals surface area contributed by atoms with E-state index in [0.717, 1.165) is 18.4 Å². The Labute approximate surface area is 211 Å². The van der Waals surface area contributed by atoms with E-state index in [9.17, 15) is 9.59 Å². The molecule has 2 atom stereocenters. The number of amidine groups is 1. The zero-order valence-corrected chi connectivity index (χ0v) is 20.4. The Kier molecular flexibility index (Phi) is 9.42. The summed E-state index contributed by atoms with van der Waals surface area (Å²) < 4.78 is 11.3. The van der Waals surface area contributed by atoms with Gasteiger partial charge in [-0.05, 0) is 49.4 Å². The van der Waals surface area contributed by atoms with E-state index in [4.69, 9.17) is 20.6 Å². The fourth-order valence-electron chi connectivity index (χ4n) is 4.45. The number of halogens is 1. The molecule has 1 aliphatic heterocycles. The Balaban J connectivity index is 0.00000342. The minimum atomic E-state index is -0.370. The molecule has 10 heteroatoms. The lowest BCUT2D eigenvalue weighted by atomic mass is 9.90. The van der Waals surface area contributed by atoms with Crippen LogP contribution in [0, 0.1) is 17.2 Å². The van der Waals surface area contributed by atoms with Crippen LogP contribution in [0.25, 0.3) is 11.4 Å². The maximum atomic E-state index is 12.3. The van der Waals surface area contributed by atoms with Gasteiger partial charge in [0.1, 0.15) is 18.2 Å². The molecule has 0 spiro atoms. The average Bonchev–Trinajstić information content (AvgIpc) is 3.21. The molecule has 1 aromatic carbocycles. The topological polar surface area (TPSA) is 140 Å². The number of carbonyl (C=O) groups is 2. The quantitative estimate of drug-likeness (QED) is 0.272. The van der Waals surface area contributed by atoms with Crippen LogP contribution in [0.2, 0.25) is 0 Å². The molecule has 0 radical (unpaired) electrons. The summed E-state index contributed by atoms with van der Waals surface area (Å²) in [6.45, 7) is 0.796. The molecule has 1 aliphatic carbocycles. The van der Waals surface area contributed by atoms with Gasteiger partial charge < -0.3 is 20.5 Å². The summed E-state index contributed by atoms with van der Waals surface area (Å²) in [6, 6.07) is 7.17. The third kappa shape index (κ3) is 7.39. The molecule has 2 fully saturated rings. The highest BCUT2D eigenvalue weighted by molar-refractivity contribution is 5.94. The summed E-state index contributed by atoms with van der Waals surface area (Å²) in [5.41, 5.74) is 6.71. The Morgan fingerprint density at radius 1 is 1.09 bits per heavy atom. The summed E-state index contributed by atoms with van der Waals surface area (Å²) in [5.74, 6) is 0.796. The standard InChI is InChI=1S/C25H31N5O4.ClH/c26-23(27)19-12-28-24(29-13-19)17-6-8-21(9-7-17)33-15-20-10-18(25(32)30-20)11-22(31)34-14-16-4-2-1-3-5-16;/h6-9,12-13,16,18,20H,1-5,10-11,14-15H2,(H3,26,27)(H,30,32);1H/t18-,20-;/m0./s1. The van der Waals surface area contributed by atoms with Crippen LogP contribution in [0.5, 0.6) is 5.75 Å². The molecule has 2 aliphatic rings. The van der Waals surface area contributed by atoms with Gasteiger partial charge in [-0.1, -0.05) is 19.3 Å². The van der Waals surface area contributed by atoms with Crippen molar-refractivity contribution in [3.8, 4) is 17.1 Å². The number of hydrogen-bond acceptors (Lipinski definition) is 7. The maximum Gasteiger partial charge on any atom is 0.306 e. The van der Waals surface area contributed by atoms with Crippen molar-refractivity contribution < 1.29 is 19.1 Å². The lowest BCUT2D eigenvalue weighted by Gasteiger charge is -2.21. The average molecular weight is 502 g/mol. The number of nitrogen functional groups attached to an aromatic ring is 1. The first-order valence-corrected chi connectivity index (χ1v) is 11.8. The second-order valence-corrected chi connectivity index (χ2v) is 9.07. The molecule has 9 nitrogen and oxygen atoms in total. The second kappa shape index (κ2) is 12.5. The molecule has 2 aromatic rings. The molecule has 188 valence electrons. The van der Waals surface area contributed by atoms with E-state index in [0.29, 0.717) is 42.7 Å². The van der Waals surface area contributed by atoms with Gasteiger partial charge in [-0.2, -0.15) is 0 Å². The molecule has 1 amide bonds. The minimum Gasteiger partial charge on any atom is -0.491 e. The van der Waals surface area contributed by atoms with Crippen LogP contribution in [0.1, 0.15) is 50.5 Å². The van der Waals surface area contributed by atoms with Crippen LogP contribution >= 0.6 is 12.4 Å². The minimum absolute atomic E-state index is 0. The first-order chi connectivity index (χ1) is 16.5. The van der Waals surface area contributed by atoms with E-state index >= 15 is 0 Å². The van der Waals surface area contributed by atoms with Gasteiger partial charge in [-0.15, -0.1) is 12.4 Å². The molecule has 0 unspecified atom stereocenters. The van der Waals surface area contributed by atoms with Crippen molar-refractivity contribution in [2.45, 2.75) is 51.0 Å². The predicted molar refractivity (Wildman–Crippen MR) is 133 cm³/mol. The van der Waals surface area contributed by atoms with Crippen LogP contribution in [-0.2, 0) is 14.3 Å². The molecule has 1 saturated carbocycles. The lowest BCUT2D eigenvalue weighted by Crippen LogP contribution is -2.31. The zero-order valence-electron chi connectivity index (χ0n) is 19.6. The van der Waals surface area contributed by atoms with E-state index in [2.05, 4.69) is 15.3 Å². The van der Waals surface area contributed by atoms with Crippen LogP contribution in [-0.4, -0.2) is 46.9 Å². The van der Waals surface area contributed by atoms with Crippen LogP contribution < -0.4 is 15.8 Å². The Hall–Kier alpha value is -3.20. The number of hydrogen-bond donors (Lipinski definition) is 3. The summed E-state index contributed by atoms with van der Waals surface area (Å²) in [7, 11) is 0. The van der Waals surface area contributed by atoms with Crippen LogP contribution in [0.3, 0.4) is 0 Å². The number of ether oxygens (including phenoxy) is 2. The smallest absolute Gasteiger partial charge is 0.306 e.